The minimum Gasteiger partial charge on any atom is -0.386 e. The standard InChI is InChI=1S/C17H27NO/c1-5-17(4,18-10-6-7-11-18)16(19)15-9-8-13(2)14(3)12-15/h8-9,12,16,19H,5-7,10-11H2,1-4H3. The van der Waals surface area contributed by atoms with Crippen LogP contribution in [-0.2, 0) is 0 Å². The minimum atomic E-state index is -0.408. The fourth-order valence-corrected chi connectivity index (χ4v) is 3.11. The van der Waals surface area contributed by atoms with Crippen LogP contribution < -0.4 is 0 Å². The molecule has 1 saturated heterocycles. The van der Waals surface area contributed by atoms with E-state index in [0.717, 1.165) is 25.1 Å². The van der Waals surface area contributed by atoms with E-state index in [4.69, 9.17) is 0 Å². The quantitative estimate of drug-likeness (QED) is 0.895. The van der Waals surface area contributed by atoms with Gasteiger partial charge in [-0.25, -0.2) is 0 Å². The van der Waals surface area contributed by atoms with Gasteiger partial charge >= 0.3 is 0 Å². The molecular formula is C17H27NO. The summed E-state index contributed by atoms with van der Waals surface area (Å²) in [6.07, 6.45) is 3.08. The van der Waals surface area contributed by atoms with Crippen molar-refractivity contribution in [2.45, 2.75) is 58.6 Å². The molecular weight excluding hydrogens is 234 g/mol. The number of nitrogens with zero attached hydrogens (tertiary/aromatic N) is 1. The summed E-state index contributed by atoms with van der Waals surface area (Å²) in [7, 11) is 0. The van der Waals surface area contributed by atoms with E-state index >= 15 is 0 Å². The monoisotopic (exact) mass is 261 g/mol. The fraction of sp³-hybridized carbons (Fsp3) is 0.647. The SMILES string of the molecule is CCC(C)(C(O)c1ccc(C)c(C)c1)N1CCCC1. The first-order valence-corrected chi connectivity index (χ1v) is 7.49. The first-order chi connectivity index (χ1) is 8.99. The lowest BCUT2D eigenvalue weighted by Crippen LogP contribution is -2.48. The van der Waals surface area contributed by atoms with Gasteiger partial charge in [0.1, 0.15) is 0 Å². The van der Waals surface area contributed by atoms with Crippen LogP contribution in [-0.4, -0.2) is 28.6 Å². The zero-order chi connectivity index (χ0) is 14.0. The Morgan fingerprint density at radius 1 is 1.21 bits per heavy atom. The number of aliphatic hydroxyl groups is 1. The maximum atomic E-state index is 10.9. The molecule has 0 bridgehead atoms. The van der Waals surface area contributed by atoms with E-state index < -0.39 is 6.10 Å². The highest BCUT2D eigenvalue weighted by molar-refractivity contribution is 5.32. The number of hydrogen-bond donors (Lipinski definition) is 1. The molecule has 19 heavy (non-hydrogen) atoms. The van der Waals surface area contributed by atoms with Gasteiger partial charge < -0.3 is 5.11 Å². The molecule has 0 aliphatic carbocycles. The molecule has 2 rings (SSSR count). The Labute approximate surface area is 117 Å². The third-order valence-corrected chi connectivity index (χ3v) is 4.98. The van der Waals surface area contributed by atoms with Crippen molar-refractivity contribution in [3.8, 4) is 0 Å². The van der Waals surface area contributed by atoms with Gasteiger partial charge in [0, 0.05) is 5.54 Å². The Morgan fingerprint density at radius 3 is 2.37 bits per heavy atom. The van der Waals surface area contributed by atoms with Gasteiger partial charge in [0.15, 0.2) is 0 Å². The van der Waals surface area contributed by atoms with E-state index in [9.17, 15) is 5.11 Å². The van der Waals surface area contributed by atoms with Gasteiger partial charge in [-0.05, 0) is 69.8 Å². The summed E-state index contributed by atoms with van der Waals surface area (Å²) in [4.78, 5) is 2.47. The van der Waals surface area contributed by atoms with E-state index in [1.54, 1.807) is 0 Å². The van der Waals surface area contributed by atoms with Crippen molar-refractivity contribution < 1.29 is 5.11 Å². The molecule has 1 aliphatic rings. The predicted molar refractivity (Wildman–Crippen MR) is 80.4 cm³/mol. The summed E-state index contributed by atoms with van der Waals surface area (Å²) >= 11 is 0. The first-order valence-electron chi connectivity index (χ1n) is 7.49. The van der Waals surface area contributed by atoms with Crippen LogP contribution in [0.15, 0.2) is 18.2 Å². The van der Waals surface area contributed by atoms with Crippen molar-refractivity contribution in [3.05, 3.63) is 34.9 Å². The summed E-state index contributed by atoms with van der Waals surface area (Å²) in [5.41, 5.74) is 3.46. The normalized spacial score (nSPS) is 21.3. The van der Waals surface area contributed by atoms with Crippen LogP contribution in [0.4, 0.5) is 0 Å². The van der Waals surface area contributed by atoms with Gasteiger partial charge in [0.2, 0.25) is 0 Å². The molecule has 1 aromatic rings. The number of aliphatic hydroxyl groups excluding tert-OH is 1. The van der Waals surface area contributed by atoms with Crippen molar-refractivity contribution in [1.82, 2.24) is 4.90 Å². The average molecular weight is 261 g/mol. The number of benzene rings is 1. The van der Waals surface area contributed by atoms with Crippen molar-refractivity contribution in [2.75, 3.05) is 13.1 Å². The van der Waals surface area contributed by atoms with Crippen molar-refractivity contribution in [3.63, 3.8) is 0 Å². The lowest BCUT2D eigenvalue weighted by atomic mass is 9.84. The lowest BCUT2D eigenvalue weighted by molar-refractivity contribution is -0.0140. The molecule has 0 spiro atoms. The van der Waals surface area contributed by atoms with Crippen LogP contribution >= 0.6 is 0 Å². The van der Waals surface area contributed by atoms with Gasteiger partial charge in [-0.15, -0.1) is 0 Å². The van der Waals surface area contributed by atoms with Gasteiger partial charge in [-0.2, -0.15) is 0 Å². The second kappa shape index (κ2) is 5.64. The highest BCUT2D eigenvalue weighted by Crippen LogP contribution is 2.36. The van der Waals surface area contributed by atoms with Crippen LogP contribution in [0.2, 0.25) is 0 Å². The Bertz CT molecular complexity index is 437. The third-order valence-electron chi connectivity index (χ3n) is 4.98. The van der Waals surface area contributed by atoms with Crippen LogP contribution in [0.5, 0.6) is 0 Å². The van der Waals surface area contributed by atoms with E-state index in [-0.39, 0.29) is 5.54 Å². The van der Waals surface area contributed by atoms with E-state index in [1.807, 2.05) is 0 Å². The smallest absolute Gasteiger partial charge is 0.0970 e. The van der Waals surface area contributed by atoms with Crippen molar-refractivity contribution in [1.29, 1.82) is 0 Å². The lowest BCUT2D eigenvalue weighted by Gasteiger charge is -2.42. The zero-order valence-electron chi connectivity index (χ0n) is 12.7. The zero-order valence-corrected chi connectivity index (χ0v) is 12.7. The molecule has 0 saturated carbocycles. The summed E-state index contributed by atoms with van der Waals surface area (Å²) in [5, 5.41) is 10.9. The van der Waals surface area contributed by atoms with Crippen LogP contribution in [0.3, 0.4) is 0 Å². The molecule has 2 heteroatoms. The predicted octanol–water partition coefficient (Wildman–Crippen LogP) is 3.60. The molecule has 1 aromatic carbocycles. The molecule has 1 N–H and O–H groups in total. The highest BCUT2D eigenvalue weighted by atomic mass is 16.3. The van der Waals surface area contributed by atoms with Crippen molar-refractivity contribution >= 4 is 0 Å². The summed E-state index contributed by atoms with van der Waals surface area (Å²) in [6.45, 7) is 10.9. The molecule has 2 nitrogen and oxygen atoms in total. The fourth-order valence-electron chi connectivity index (χ4n) is 3.11. The van der Waals surface area contributed by atoms with Gasteiger partial charge in [0.25, 0.3) is 0 Å². The summed E-state index contributed by atoms with van der Waals surface area (Å²) in [6, 6.07) is 6.34. The summed E-state index contributed by atoms with van der Waals surface area (Å²) < 4.78 is 0. The summed E-state index contributed by atoms with van der Waals surface area (Å²) in [5.74, 6) is 0. The van der Waals surface area contributed by atoms with E-state index in [0.29, 0.717) is 0 Å². The molecule has 0 amide bonds. The Kier molecular flexibility index (Phi) is 4.32. The topological polar surface area (TPSA) is 23.5 Å². The number of hydrogen-bond acceptors (Lipinski definition) is 2. The van der Waals surface area contributed by atoms with Crippen molar-refractivity contribution in [2.24, 2.45) is 0 Å². The number of aryl methyl sites for hydroxylation is 2. The molecule has 1 aliphatic heterocycles. The van der Waals surface area contributed by atoms with Crippen LogP contribution in [0, 0.1) is 13.8 Å². The Hall–Kier alpha value is -0.860. The maximum Gasteiger partial charge on any atom is 0.0970 e. The van der Waals surface area contributed by atoms with Crippen LogP contribution in [0.1, 0.15) is 55.9 Å². The van der Waals surface area contributed by atoms with Crippen LogP contribution in [0.25, 0.3) is 0 Å². The highest BCUT2D eigenvalue weighted by Gasteiger charge is 2.39. The Morgan fingerprint density at radius 2 is 1.84 bits per heavy atom. The maximum absolute atomic E-state index is 10.9. The number of likely N-dealkylation sites (tertiary alicyclic amines) is 1. The molecule has 1 heterocycles. The number of rotatable bonds is 4. The largest absolute Gasteiger partial charge is 0.386 e. The molecule has 2 unspecified atom stereocenters. The minimum absolute atomic E-state index is 0.141. The second-order valence-corrected chi connectivity index (χ2v) is 6.15. The average Bonchev–Trinajstić information content (AvgIpc) is 2.94. The third kappa shape index (κ3) is 2.70. The Balaban J connectivity index is 2.28. The molecule has 0 aromatic heterocycles. The van der Waals surface area contributed by atoms with Gasteiger partial charge in [-0.1, -0.05) is 25.1 Å². The van der Waals surface area contributed by atoms with Gasteiger partial charge in [-0.3, -0.25) is 4.90 Å². The van der Waals surface area contributed by atoms with E-state index in [1.165, 1.54) is 24.0 Å². The molecule has 1 fully saturated rings. The van der Waals surface area contributed by atoms with Gasteiger partial charge in [0.05, 0.1) is 6.10 Å². The molecule has 0 radical (unpaired) electrons. The molecule has 106 valence electrons. The first kappa shape index (κ1) is 14.5. The molecule has 2 atom stereocenters. The van der Waals surface area contributed by atoms with E-state index in [2.05, 4.69) is 50.8 Å². The second-order valence-electron chi connectivity index (χ2n) is 6.15.